The highest BCUT2D eigenvalue weighted by Gasteiger charge is 2.28. The summed E-state index contributed by atoms with van der Waals surface area (Å²) in [4.78, 5) is 18.5. The van der Waals surface area contributed by atoms with Crippen LogP contribution in [0.3, 0.4) is 0 Å². The summed E-state index contributed by atoms with van der Waals surface area (Å²) < 4.78 is 28.3. The lowest BCUT2D eigenvalue weighted by atomic mass is 10.0. The van der Waals surface area contributed by atoms with E-state index >= 15 is 0 Å². The quantitative estimate of drug-likeness (QED) is 0.366. The van der Waals surface area contributed by atoms with Crippen molar-refractivity contribution in [2.24, 2.45) is 0 Å². The second-order valence-corrected chi connectivity index (χ2v) is 9.11. The predicted octanol–water partition coefficient (Wildman–Crippen LogP) is 4.44. The van der Waals surface area contributed by atoms with Crippen LogP contribution >= 0.6 is 0 Å². The third-order valence-electron chi connectivity index (χ3n) is 6.58. The summed E-state index contributed by atoms with van der Waals surface area (Å²) in [7, 11) is 0. The van der Waals surface area contributed by atoms with Gasteiger partial charge in [0.2, 0.25) is 0 Å². The number of nitrogens with one attached hydrogen (secondary N) is 3. The van der Waals surface area contributed by atoms with Gasteiger partial charge in [0, 0.05) is 42.5 Å². The summed E-state index contributed by atoms with van der Waals surface area (Å²) in [6.07, 6.45) is 8.70. The number of nitrogens with zero attached hydrogens (tertiary/aromatic N) is 4. The van der Waals surface area contributed by atoms with Crippen LogP contribution in [0.5, 0.6) is 0 Å². The number of pyridine rings is 2. The summed E-state index contributed by atoms with van der Waals surface area (Å²) in [5.41, 5.74) is 3.40. The molecule has 0 radical (unpaired) electrons. The van der Waals surface area contributed by atoms with Gasteiger partial charge in [0.1, 0.15) is 23.1 Å². The van der Waals surface area contributed by atoms with Crippen LogP contribution in [0.2, 0.25) is 0 Å². The van der Waals surface area contributed by atoms with Crippen molar-refractivity contribution in [3.05, 3.63) is 71.8 Å². The average molecular weight is 474 g/mol. The van der Waals surface area contributed by atoms with E-state index in [-0.39, 0.29) is 5.69 Å². The number of benzene rings is 1. The Kier molecular flexibility index (Phi) is 5.79. The summed E-state index contributed by atoms with van der Waals surface area (Å²) in [5.74, 6) is -0.0371. The lowest BCUT2D eigenvalue weighted by molar-refractivity contribution is 0.543. The van der Waals surface area contributed by atoms with Crippen molar-refractivity contribution < 1.29 is 8.78 Å². The highest BCUT2D eigenvalue weighted by atomic mass is 19.1. The zero-order chi connectivity index (χ0) is 23.8. The molecule has 3 aromatic heterocycles. The molecule has 6 rings (SSSR count). The Morgan fingerprint density at radius 1 is 1.03 bits per heavy atom. The van der Waals surface area contributed by atoms with E-state index in [1.165, 1.54) is 23.8 Å². The van der Waals surface area contributed by atoms with Crippen molar-refractivity contribution in [1.82, 2.24) is 30.6 Å². The molecule has 3 N–H and O–H groups in total. The van der Waals surface area contributed by atoms with Gasteiger partial charge in [-0.05, 0) is 61.6 Å². The minimum absolute atomic E-state index is 0.245. The van der Waals surface area contributed by atoms with Crippen LogP contribution in [-0.4, -0.2) is 39.1 Å². The van der Waals surface area contributed by atoms with Crippen LogP contribution < -0.4 is 16.0 Å². The Labute approximate surface area is 201 Å². The standard InChI is InChI=1S/C26H25F2N7/c27-19-2-1-3-20(28)25(19)35-23-10-16(6-9-31-23)26-33-21-13-30-12-18(15-4-5-15)24(21)22(34-26)14-32-17-7-8-29-11-17/h1-3,6,9-10,12-13,15,17,29,32H,4-5,7-8,11,14H2,(H,31,35)/t17-/m1/s1. The van der Waals surface area contributed by atoms with Crippen molar-refractivity contribution in [1.29, 1.82) is 0 Å². The fourth-order valence-electron chi connectivity index (χ4n) is 4.60. The van der Waals surface area contributed by atoms with Gasteiger partial charge in [-0.1, -0.05) is 6.07 Å². The number of aromatic nitrogens is 4. The van der Waals surface area contributed by atoms with Crippen molar-refractivity contribution >= 4 is 22.4 Å². The lowest BCUT2D eigenvalue weighted by Crippen LogP contribution is -2.31. The molecule has 35 heavy (non-hydrogen) atoms. The molecule has 0 unspecified atom stereocenters. The molecular formula is C26H25F2N7. The molecule has 4 aromatic rings. The molecule has 178 valence electrons. The largest absolute Gasteiger partial charge is 0.335 e. The maximum Gasteiger partial charge on any atom is 0.160 e. The number of para-hydroxylation sites is 1. The maximum absolute atomic E-state index is 14.1. The van der Waals surface area contributed by atoms with E-state index in [1.54, 1.807) is 24.5 Å². The Balaban J connectivity index is 1.38. The van der Waals surface area contributed by atoms with Gasteiger partial charge in [-0.2, -0.15) is 0 Å². The van der Waals surface area contributed by atoms with E-state index in [2.05, 4.69) is 25.9 Å². The van der Waals surface area contributed by atoms with Gasteiger partial charge in [0.25, 0.3) is 0 Å². The Morgan fingerprint density at radius 2 is 1.89 bits per heavy atom. The van der Waals surface area contributed by atoms with Gasteiger partial charge < -0.3 is 16.0 Å². The number of fused-ring (bicyclic) bond motifs is 1. The SMILES string of the molecule is Fc1cccc(F)c1Nc1cc(-c2nc(CN[C@@H]3CCNC3)c3c(C4CC4)cncc3n2)ccn1. The molecule has 1 aliphatic carbocycles. The van der Waals surface area contributed by atoms with Crippen molar-refractivity contribution in [2.75, 3.05) is 18.4 Å². The topological polar surface area (TPSA) is 87.7 Å². The maximum atomic E-state index is 14.1. The molecule has 1 saturated carbocycles. The second-order valence-electron chi connectivity index (χ2n) is 9.11. The minimum Gasteiger partial charge on any atom is -0.335 e. The van der Waals surface area contributed by atoms with E-state index in [9.17, 15) is 8.78 Å². The molecule has 1 atom stereocenters. The van der Waals surface area contributed by atoms with Crippen LogP contribution in [0, 0.1) is 11.6 Å². The smallest absolute Gasteiger partial charge is 0.160 e. The van der Waals surface area contributed by atoms with E-state index in [1.807, 2.05) is 6.20 Å². The van der Waals surface area contributed by atoms with Crippen LogP contribution in [0.1, 0.15) is 36.4 Å². The lowest BCUT2D eigenvalue weighted by Gasteiger charge is -2.15. The first kappa shape index (κ1) is 21.9. The van der Waals surface area contributed by atoms with Gasteiger partial charge >= 0.3 is 0 Å². The third-order valence-corrected chi connectivity index (χ3v) is 6.58. The van der Waals surface area contributed by atoms with Crippen LogP contribution in [-0.2, 0) is 6.54 Å². The number of hydrogen-bond acceptors (Lipinski definition) is 7. The molecule has 1 saturated heterocycles. The summed E-state index contributed by atoms with van der Waals surface area (Å²) in [5, 5.41) is 10.8. The average Bonchev–Trinajstić information content (AvgIpc) is 3.59. The fraction of sp³-hybridized carbons (Fsp3) is 0.308. The highest BCUT2D eigenvalue weighted by molar-refractivity contribution is 5.86. The number of hydrogen-bond donors (Lipinski definition) is 3. The zero-order valence-corrected chi connectivity index (χ0v) is 19.1. The third kappa shape index (κ3) is 4.56. The first-order chi connectivity index (χ1) is 17.2. The number of rotatable bonds is 7. The number of anilines is 2. The predicted molar refractivity (Wildman–Crippen MR) is 130 cm³/mol. The molecule has 0 amide bonds. The molecule has 4 heterocycles. The summed E-state index contributed by atoms with van der Waals surface area (Å²) >= 11 is 0. The highest BCUT2D eigenvalue weighted by Crippen LogP contribution is 2.43. The number of halogens is 2. The van der Waals surface area contributed by atoms with E-state index < -0.39 is 11.6 Å². The zero-order valence-electron chi connectivity index (χ0n) is 19.1. The Bertz CT molecular complexity index is 1360. The van der Waals surface area contributed by atoms with Crippen molar-refractivity contribution in [3.8, 4) is 11.4 Å². The monoisotopic (exact) mass is 473 g/mol. The van der Waals surface area contributed by atoms with E-state index in [0.717, 1.165) is 48.9 Å². The molecule has 2 fully saturated rings. The molecule has 1 aromatic carbocycles. The van der Waals surface area contributed by atoms with E-state index in [0.29, 0.717) is 35.7 Å². The first-order valence-electron chi connectivity index (χ1n) is 11.9. The molecule has 7 nitrogen and oxygen atoms in total. The molecule has 0 spiro atoms. The van der Waals surface area contributed by atoms with Crippen molar-refractivity contribution in [3.63, 3.8) is 0 Å². The van der Waals surface area contributed by atoms with Crippen LogP contribution in [0.15, 0.2) is 48.9 Å². The van der Waals surface area contributed by atoms with Gasteiger partial charge in [-0.25, -0.2) is 23.7 Å². The summed E-state index contributed by atoms with van der Waals surface area (Å²) in [6.45, 7) is 2.58. The van der Waals surface area contributed by atoms with Crippen molar-refractivity contribution in [2.45, 2.75) is 37.8 Å². The van der Waals surface area contributed by atoms with Crippen LogP contribution in [0.4, 0.5) is 20.3 Å². The molecular weight excluding hydrogens is 448 g/mol. The first-order valence-corrected chi connectivity index (χ1v) is 11.9. The van der Waals surface area contributed by atoms with E-state index in [4.69, 9.17) is 9.97 Å². The van der Waals surface area contributed by atoms with Gasteiger partial charge in [0.15, 0.2) is 5.82 Å². The van der Waals surface area contributed by atoms with Gasteiger partial charge in [0.05, 0.1) is 17.4 Å². The second kappa shape index (κ2) is 9.24. The normalized spacial score (nSPS) is 17.7. The van der Waals surface area contributed by atoms with Crippen LogP contribution in [0.25, 0.3) is 22.3 Å². The molecule has 2 aliphatic rings. The van der Waals surface area contributed by atoms with Gasteiger partial charge in [-0.3, -0.25) is 4.98 Å². The molecule has 0 bridgehead atoms. The molecule has 1 aliphatic heterocycles. The molecule has 9 heteroatoms. The summed E-state index contributed by atoms with van der Waals surface area (Å²) in [6, 6.07) is 7.62. The fourth-order valence-corrected chi connectivity index (χ4v) is 4.60. The Morgan fingerprint density at radius 3 is 2.66 bits per heavy atom. The minimum atomic E-state index is -0.687. The Hall–Kier alpha value is -3.56. The van der Waals surface area contributed by atoms with Gasteiger partial charge in [-0.15, -0.1) is 0 Å².